The highest BCUT2D eigenvalue weighted by Gasteiger charge is 2.34. The SMILES string of the molecule is COc1ccc(Cl)cc1NC(=O)CN1CCCN(Cc2cccc(F)c2)S1(=O)=O. The summed E-state index contributed by atoms with van der Waals surface area (Å²) in [5.41, 5.74) is 0.902. The van der Waals surface area contributed by atoms with Gasteiger partial charge in [-0.2, -0.15) is 17.0 Å². The highest BCUT2D eigenvalue weighted by Crippen LogP contribution is 2.28. The molecule has 1 saturated heterocycles. The zero-order valence-corrected chi connectivity index (χ0v) is 17.3. The van der Waals surface area contributed by atoms with E-state index < -0.39 is 21.9 Å². The molecule has 2 aromatic carbocycles. The summed E-state index contributed by atoms with van der Waals surface area (Å²) in [4.78, 5) is 12.5. The van der Waals surface area contributed by atoms with Crippen LogP contribution < -0.4 is 10.1 Å². The van der Waals surface area contributed by atoms with Crippen LogP contribution in [0.2, 0.25) is 5.02 Å². The quantitative estimate of drug-likeness (QED) is 0.747. The van der Waals surface area contributed by atoms with Crippen molar-refractivity contribution in [3.63, 3.8) is 0 Å². The average molecular weight is 442 g/mol. The van der Waals surface area contributed by atoms with Crippen LogP contribution in [0.3, 0.4) is 0 Å². The Morgan fingerprint density at radius 3 is 2.69 bits per heavy atom. The van der Waals surface area contributed by atoms with Gasteiger partial charge in [0.2, 0.25) is 5.91 Å². The summed E-state index contributed by atoms with van der Waals surface area (Å²) in [6.45, 7) is 0.221. The Morgan fingerprint density at radius 1 is 1.21 bits per heavy atom. The molecule has 0 aromatic heterocycles. The van der Waals surface area contributed by atoms with E-state index in [0.717, 1.165) is 4.31 Å². The molecule has 0 radical (unpaired) electrons. The number of hydrogen-bond donors (Lipinski definition) is 1. The molecule has 10 heteroatoms. The van der Waals surface area contributed by atoms with Crippen molar-refractivity contribution >= 4 is 33.4 Å². The summed E-state index contributed by atoms with van der Waals surface area (Å²) in [6, 6.07) is 10.5. The van der Waals surface area contributed by atoms with Crippen molar-refractivity contribution in [2.75, 3.05) is 32.1 Å². The average Bonchev–Trinajstić information content (AvgIpc) is 2.65. The minimum atomic E-state index is -3.86. The predicted octanol–water partition coefficient (Wildman–Crippen LogP) is 2.88. The van der Waals surface area contributed by atoms with Crippen molar-refractivity contribution in [1.82, 2.24) is 8.61 Å². The second-order valence-electron chi connectivity index (χ2n) is 6.55. The fourth-order valence-electron chi connectivity index (χ4n) is 3.11. The zero-order chi connectivity index (χ0) is 21.0. The lowest BCUT2D eigenvalue weighted by atomic mass is 10.2. The summed E-state index contributed by atoms with van der Waals surface area (Å²) in [5, 5.41) is 3.05. The normalized spacial score (nSPS) is 17.1. The number of rotatable bonds is 6. The topological polar surface area (TPSA) is 79.0 Å². The van der Waals surface area contributed by atoms with E-state index in [1.165, 1.54) is 35.7 Å². The molecule has 0 bridgehead atoms. The second kappa shape index (κ2) is 9.08. The Morgan fingerprint density at radius 2 is 1.97 bits per heavy atom. The third-order valence-corrected chi connectivity index (χ3v) is 6.63. The lowest BCUT2D eigenvalue weighted by molar-refractivity contribution is -0.116. The van der Waals surface area contributed by atoms with Gasteiger partial charge in [-0.1, -0.05) is 23.7 Å². The van der Waals surface area contributed by atoms with E-state index in [-0.39, 0.29) is 19.6 Å². The van der Waals surface area contributed by atoms with E-state index in [4.69, 9.17) is 16.3 Å². The van der Waals surface area contributed by atoms with Crippen LogP contribution in [0, 0.1) is 5.82 Å². The summed E-state index contributed by atoms with van der Waals surface area (Å²) >= 11 is 5.96. The first-order valence-corrected chi connectivity index (χ1v) is 10.7. The second-order valence-corrected chi connectivity index (χ2v) is 8.92. The summed E-state index contributed by atoms with van der Waals surface area (Å²) < 4.78 is 46.8. The number of carbonyl (C=O) groups excluding carboxylic acids is 1. The van der Waals surface area contributed by atoms with E-state index in [0.29, 0.717) is 35.0 Å². The Bertz CT molecular complexity index is 1000. The maximum absolute atomic E-state index is 13.4. The molecule has 0 aliphatic carbocycles. The Kier molecular flexibility index (Phi) is 6.74. The zero-order valence-electron chi connectivity index (χ0n) is 15.8. The van der Waals surface area contributed by atoms with Gasteiger partial charge in [0, 0.05) is 24.7 Å². The lowest BCUT2D eigenvalue weighted by Crippen LogP contribution is -2.51. The van der Waals surface area contributed by atoms with Gasteiger partial charge in [0.05, 0.1) is 19.3 Å². The smallest absolute Gasteiger partial charge is 0.282 e. The minimum absolute atomic E-state index is 0.0420. The van der Waals surface area contributed by atoms with E-state index in [1.807, 2.05) is 0 Å². The first kappa shape index (κ1) is 21.5. The largest absolute Gasteiger partial charge is 0.495 e. The molecular weight excluding hydrogens is 421 g/mol. The number of methoxy groups -OCH3 is 1. The monoisotopic (exact) mass is 441 g/mol. The molecule has 1 aliphatic rings. The van der Waals surface area contributed by atoms with Crippen LogP contribution in [0.15, 0.2) is 42.5 Å². The van der Waals surface area contributed by atoms with Gasteiger partial charge in [0.25, 0.3) is 10.2 Å². The van der Waals surface area contributed by atoms with Crippen molar-refractivity contribution in [2.24, 2.45) is 0 Å². The van der Waals surface area contributed by atoms with Crippen LogP contribution in [-0.2, 0) is 21.5 Å². The van der Waals surface area contributed by atoms with E-state index >= 15 is 0 Å². The Balaban J connectivity index is 1.70. The van der Waals surface area contributed by atoms with Crippen molar-refractivity contribution in [1.29, 1.82) is 0 Å². The Labute approximate surface area is 174 Å². The number of benzene rings is 2. The molecule has 7 nitrogen and oxygen atoms in total. The van der Waals surface area contributed by atoms with Gasteiger partial charge >= 0.3 is 0 Å². The molecule has 0 spiro atoms. The number of nitrogens with zero attached hydrogens (tertiary/aromatic N) is 2. The van der Waals surface area contributed by atoms with Crippen LogP contribution in [0.25, 0.3) is 0 Å². The summed E-state index contributed by atoms with van der Waals surface area (Å²) in [5.74, 6) is -0.526. The van der Waals surface area contributed by atoms with Gasteiger partial charge in [-0.25, -0.2) is 4.39 Å². The van der Waals surface area contributed by atoms with E-state index in [1.54, 1.807) is 18.2 Å². The first-order valence-electron chi connectivity index (χ1n) is 8.92. The molecule has 0 saturated carbocycles. The molecule has 0 unspecified atom stereocenters. The van der Waals surface area contributed by atoms with Crippen LogP contribution in [0.5, 0.6) is 5.75 Å². The lowest BCUT2D eigenvalue weighted by Gasteiger charge is -2.34. The molecule has 1 N–H and O–H groups in total. The highest BCUT2D eigenvalue weighted by atomic mass is 35.5. The van der Waals surface area contributed by atoms with Gasteiger partial charge in [0.1, 0.15) is 11.6 Å². The third kappa shape index (κ3) is 5.24. The van der Waals surface area contributed by atoms with Gasteiger partial charge in [-0.3, -0.25) is 4.79 Å². The number of nitrogens with one attached hydrogen (secondary N) is 1. The fraction of sp³-hybridized carbons (Fsp3) is 0.316. The molecule has 2 aromatic rings. The Hall–Kier alpha value is -2.20. The van der Waals surface area contributed by atoms with Crippen LogP contribution in [0.1, 0.15) is 12.0 Å². The molecule has 1 heterocycles. The summed E-state index contributed by atoms with van der Waals surface area (Å²) in [6.07, 6.45) is 0.558. The molecule has 3 rings (SSSR count). The van der Waals surface area contributed by atoms with Gasteiger partial charge in [-0.05, 0) is 42.3 Å². The standard InChI is InChI=1S/C19H21ClFN3O4S/c1-28-18-7-6-15(20)11-17(18)22-19(25)13-24-9-3-8-23(29(24,26)27)12-14-4-2-5-16(21)10-14/h2,4-7,10-11H,3,8-9,12-13H2,1H3,(H,22,25). The third-order valence-electron chi connectivity index (χ3n) is 4.47. The highest BCUT2D eigenvalue weighted by molar-refractivity contribution is 7.86. The van der Waals surface area contributed by atoms with Crippen molar-refractivity contribution < 1.29 is 22.3 Å². The molecule has 156 valence electrons. The molecule has 1 amide bonds. The maximum Gasteiger partial charge on any atom is 0.282 e. The van der Waals surface area contributed by atoms with Crippen molar-refractivity contribution in [2.45, 2.75) is 13.0 Å². The minimum Gasteiger partial charge on any atom is -0.495 e. The summed E-state index contributed by atoms with van der Waals surface area (Å²) in [7, 11) is -2.40. The molecule has 1 fully saturated rings. The van der Waals surface area contributed by atoms with Gasteiger partial charge in [-0.15, -0.1) is 0 Å². The number of hydrogen-bond acceptors (Lipinski definition) is 4. The number of amides is 1. The molecule has 1 aliphatic heterocycles. The number of ether oxygens (including phenoxy) is 1. The number of anilines is 1. The predicted molar refractivity (Wildman–Crippen MR) is 109 cm³/mol. The first-order chi connectivity index (χ1) is 13.8. The van der Waals surface area contributed by atoms with Crippen LogP contribution >= 0.6 is 11.6 Å². The number of carbonyl (C=O) groups is 1. The maximum atomic E-state index is 13.4. The van der Waals surface area contributed by atoms with Gasteiger partial charge in [0.15, 0.2) is 0 Å². The van der Waals surface area contributed by atoms with E-state index in [2.05, 4.69) is 5.32 Å². The molecule has 0 atom stereocenters. The van der Waals surface area contributed by atoms with Crippen LogP contribution in [-0.4, -0.2) is 49.7 Å². The fourth-order valence-corrected chi connectivity index (χ4v) is 4.92. The van der Waals surface area contributed by atoms with Crippen molar-refractivity contribution in [3.05, 3.63) is 58.9 Å². The van der Waals surface area contributed by atoms with Crippen molar-refractivity contribution in [3.8, 4) is 5.75 Å². The van der Waals surface area contributed by atoms with E-state index in [9.17, 15) is 17.6 Å². The molecule has 29 heavy (non-hydrogen) atoms. The van der Waals surface area contributed by atoms with Crippen LogP contribution in [0.4, 0.5) is 10.1 Å². The number of halogens is 2. The van der Waals surface area contributed by atoms with Gasteiger partial charge < -0.3 is 10.1 Å². The molecular formula is C19H21ClFN3O4S.